The molecule has 0 fully saturated rings. The third kappa shape index (κ3) is 2.06. The fourth-order valence-corrected chi connectivity index (χ4v) is 3.84. The van der Waals surface area contributed by atoms with Crippen molar-refractivity contribution in [3.05, 3.63) is 42.5 Å². The van der Waals surface area contributed by atoms with E-state index in [9.17, 15) is 0 Å². The van der Waals surface area contributed by atoms with Gasteiger partial charge in [-0.05, 0) is 30.2 Å². The van der Waals surface area contributed by atoms with Crippen LogP contribution < -0.4 is 0 Å². The summed E-state index contributed by atoms with van der Waals surface area (Å²) >= 11 is 1.99. The zero-order valence-corrected chi connectivity index (χ0v) is 10.9. The average molecular weight is 232 g/mol. The number of hydrogen-bond acceptors (Lipinski definition) is 1. The summed E-state index contributed by atoms with van der Waals surface area (Å²) in [6.07, 6.45) is 7.26. The highest BCUT2D eigenvalue weighted by Gasteiger charge is 2.33. The first-order valence-electron chi connectivity index (χ1n) is 6.18. The third-order valence-electron chi connectivity index (χ3n) is 3.60. The highest BCUT2D eigenvalue weighted by Crippen LogP contribution is 2.45. The number of hydrogen-bond donors (Lipinski definition) is 0. The Kier molecular flexibility index (Phi) is 3.75. The van der Waals surface area contributed by atoms with Crippen LogP contribution in [0, 0.1) is 0 Å². The molecular weight excluding hydrogens is 212 g/mol. The van der Waals surface area contributed by atoms with Crippen molar-refractivity contribution >= 4 is 11.8 Å². The summed E-state index contributed by atoms with van der Waals surface area (Å²) in [5, 5.41) is 0. The van der Waals surface area contributed by atoms with E-state index in [2.05, 4.69) is 43.8 Å². The zero-order chi connectivity index (χ0) is 11.4. The van der Waals surface area contributed by atoms with Crippen molar-refractivity contribution in [1.82, 2.24) is 0 Å². The molecule has 0 saturated carbocycles. The van der Waals surface area contributed by atoms with E-state index < -0.39 is 0 Å². The highest BCUT2D eigenvalue weighted by molar-refractivity contribution is 7.99. The van der Waals surface area contributed by atoms with Crippen LogP contribution in [0.2, 0.25) is 0 Å². The van der Waals surface area contributed by atoms with Gasteiger partial charge in [-0.25, -0.2) is 0 Å². The SMILES string of the molecule is C=C[C@]1(CCCC)CCSc2ccccc21. The largest absolute Gasteiger partial charge is 0.126 e. The predicted octanol–water partition coefficient (Wildman–Crippen LogP) is 4.80. The second-order valence-electron chi connectivity index (χ2n) is 4.56. The van der Waals surface area contributed by atoms with Crippen LogP contribution in [0.5, 0.6) is 0 Å². The molecule has 0 aromatic heterocycles. The van der Waals surface area contributed by atoms with Gasteiger partial charge in [0.15, 0.2) is 0 Å². The van der Waals surface area contributed by atoms with Crippen LogP contribution >= 0.6 is 11.8 Å². The number of thioether (sulfide) groups is 1. The Morgan fingerprint density at radius 2 is 2.25 bits per heavy atom. The number of unbranched alkanes of at least 4 members (excludes halogenated alkanes) is 1. The van der Waals surface area contributed by atoms with Crippen LogP contribution in [0.25, 0.3) is 0 Å². The van der Waals surface area contributed by atoms with Gasteiger partial charge < -0.3 is 0 Å². The molecular formula is C15H20S. The average Bonchev–Trinajstić information content (AvgIpc) is 2.36. The van der Waals surface area contributed by atoms with Gasteiger partial charge in [-0.3, -0.25) is 0 Å². The van der Waals surface area contributed by atoms with Crippen LogP contribution in [-0.2, 0) is 5.41 Å². The number of benzene rings is 1. The van der Waals surface area contributed by atoms with Crippen molar-refractivity contribution in [3.63, 3.8) is 0 Å². The standard InChI is InChI=1S/C15H20S/c1-3-5-10-15(4-2)11-12-16-14-9-7-6-8-13(14)15/h4,6-9H,2-3,5,10-12H2,1H3/t15-/m0/s1. The van der Waals surface area contributed by atoms with Crippen molar-refractivity contribution in [3.8, 4) is 0 Å². The maximum absolute atomic E-state index is 4.10. The molecule has 0 nitrogen and oxygen atoms in total. The van der Waals surface area contributed by atoms with E-state index >= 15 is 0 Å². The van der Waals surface area contributed by atoms with E-state index in [1.165, 1.54) is 41.9 Å². The highest BCUT2D eigenvalue weighted by atomic mass is 32.2. The molecule has 86 valence electrons. The molecule has 0 aliphatic carbocycles. The first kappa shape index (κ1) is 11.8. The van der Waals surface area contributed by atoms with Crippen LogP contribution in [0.15, 0.2) is 41.8 Å². The summed E-state index contributed by atoms with van der Waals surface area (Å²) in [4.78, 5) is 1.46. The normalized spacial score (nSPS) is 23.8. The van der Waals surface area contributed by atoms with E-state index in [-0.39, 0.29) is 5.41 Å². The van der Waals surface area contributed by atoms with Crippen LogP contribution in [-0.4, -0.2) is 5.75 Å². The van der Waals surface area contributed by atoms with Gasteiger partial charge in [0, 0.05) is 10.3 Å². The lowest BCUT2D eigenvalue weighted by Gasteiger charge is -2.36. The second-order valence-corrected chi connectivity index (χ2v) is 5.70. The van der Waals surface area contributed by atoms with Gasteiger partial charge in [-0.2, -0.15) is 0 Å². The summed E-state index contributed by atoms with van der Waals surface area (Å²) < 4.78 is 0. The molecule has 1 atom stereocenters. The number of fused-ring (bicyclic) bond motifs is 1. The second kappa shape index (κ2) is 5.09. The third-order valence-corrected chi connectivity index (χ3v) is 4.67. The Balaban J connectivity index is 2.36. The minimum atomic E-state index is 0.248. The molecule has 0 N–H and O–H groups in total. The maximum atomic E-state index is 4.10. The molecule has 1 aliphatic heterocycles. The van der Waals surface area contributed by atoms with Crippen molar-refractivity contribution in [2.45, 2.75) is 42.9 Å². The molecule has 0 spiro atoms. The number of allylic oxidation sites excluding steroid dienone is 1. The van der Waals surface area contributed by atoms with Crippen molar-refractivity contribution in [1.29, 1.82) is 0 Å². The van der Waals surface area contributed by atoms with Crippen molar-refractivity contribution < 1.29 is 0 Å². The van der Waals surface area contributed by atoms with Gasteiger partial charge in [0.1, 0.15) is 0 Å². The molecule has 1 aromatic carbocycles. The molecule has 0 amide bonds. The zero-order valence-electron chi connectivity index (χ0n) is 10.0. The van der Waals surface area contributed by atoms with Crippen molar-refractivity contribution in [2.75, 3.05) is 5.75 Å². The first-order chi connectivity index (χ1) is 7.82. The van der Waals surface area contributed by atoms with Gasteiger partial charge >= 0.3 is 0 Å². The van der Waals surface area contributed by atoms with E-state index in [4.69, 9.17) is 0 Å². The molecule has 1 aromatic rings. The molecule has 16 heavy (non-hydrogen) atoms. The summed E-state index contributed by atoms with van der Waals surface area (Å²) in [5.74, 6) is 1.23. The Morgan fingerprint density at radius 3 is 3.00 bits per heavy atom. The van der Waals surface area contributed by atoms with Crippen LogP contribution in [0.3, 0.4) is 0 Å². The van der Waals surface area contributed by atoms with Gasteiger partial charge in [-0.1, -0.05) is 44.0 Å². The summed E-state index contributed by atoms with van der Waals surface area (Å²) in [6.45, 7) is 6.36. The first-order valence-corrected chi connectivity index (χ1v) is 7.17. The topological polar surface area (TPSA) is 0 Å². The Morgan fingerprint density at radius 1 is 1.44 bits per heavy atom. The number of rotatable bonds is 4. The fourth-order valence-electron chi connectivity index (χ4n) is 2.55. The van der Waals surface area contributed by atoms with E-state index in [1.54, 1.807) is 0 Å². The predicted molar refractivity (Wildman–Crippen MR) is 73.2 cm³/mol. The van der Waals surface area contributed by atoms with E-state index in [0.717, 1.165) is 0 Å². The molecule has 1 aliphatic rings. The lowest BCUT2D eigenvalue weighted by atomic mass is 9.74. The quantitative estimate of drug-likeness (QED) is 0.672. The van der Waals surface area contributed by atoms with Gasteiger partial charge in [-0.15, -0.1) is 18.3 Å². The van der Waals surface area contributed by atoms with Gasteiger partial charge in [0.05, 0.1) is 0 Å². The Hall–Kier alpha value is -0.690. The summed E-state index contributed by atoms with van der Waals surface area (Å²) in [6, 6.07) is 8.85. The molecule has 1 heteroatoms. The molecule has 0 saturated heterocycles. The van der Waals surface area contributed by atoms with Crippen molar-refractivity contribution in [2.24, 2.45) is 0 Å². The maximum Gasteiger partial charge on any atom is 0.0148 e. The fraction of sp³-hybridized carbons (Fsp3) is 0.467. The lowest BCUT2D eigenvalue weighted by molar-refractivity contribution is 0.445. The molecule has 0 radical (unpaired) electrons. The lowest BCUT2D eigenvalue weighted by Crippen LogP contribution is -2.27. The minimum absolute atomic E-state index is 0.248. The minimum Gasteiger partial charge on any atom is -0.126 e. The Labute approximate surface area is 103 Å². The van der Waals surface area contributed by atoms with Crippen LogP contribution in [0.1, 0.15) is 38.2 Å². The van der Waals surface area contributed by atoms with Gasteiger partial charge in [0.25, 0.3) is 0 Å². The molecule has 0 bridgehead atoms. The summed E-state index contributed by atoms with van der Waals surface area (Å²) in [7, 11) is 0. The smallest absolute Gasteiger partial charge is 0.0148 e. The van der Waals surface area contributed by atoms with E-state index in [0.29, 0.717) is 0 Å². The Bertz CT molecular complexity index is 369. The van der Waals surface area contributed by atoms with Crippen LogP contribution in [0.4, 0.5) is 0 Å². The van der Waals surface area contributed by atoms with E-state index in [1.807, 2.05) is 11.8 Å². The monoisotopic (exact) mass is 232 g/mol. The molecule has 2 rings (SSSR count). The molecule has 1 heterocycles. The van der Waals surface area contributed by atoms with Gasteiger partial charge in [0.2, 0.25) is 0 Å². The summed E-state index contributed by atoms with van der Waals surface area (Å²) in [5.41, 5.74) is 1.76. The molecule has 0 unspecified atom stereocenters.